The Hall–Kier alpha value is -2.07. The van der Waals surface area contributed by atoms with Gasteiger partial charge in [0, 0.05) is 23.0 Å². The van der Waals surface area contributed by atoms with E-state index in [1.165, 1.54) is 10.6 Å². The normalized spacial score (nSPS) is 10.2. The number of rotatable bonds is 3. The lowest BCUT2D eigenvalue weighted by molar-refractivity contribution is -0.116. The van der Waals surface area contributed by atoms with E-state index in [4.69, 9.17) is 11.6 Å². The van der Waals surface area contributed by atoms with E-state index in [1.807, 2.05) is 6.92 Å². The molecule has 1 amide bonds. The number of nitrogens with one attached hydrogen (secondary N) is 1. The number of carbonyl (C=O) groups excluding carboxylic acids is 1. The highest BCUT2D eigenvalue weighted by atomic mass is 35.5. The Labute approximate surface area is 115 Å². The van der Waals surface area contributed by atoms with Gasteiger partial charge < -0.3 is 9.88 Å². The quantitative estimate of drug-likeness (QED) is 0.936. The predicted molar refractivity (Wildman–Crippen MR) is 75.5 cm³/mol. The lowest BCUT2D eigenvalue weighted by Gasteiger charge is -2.08. The van der Waals surface area contributed by atoms with Crippen LogP contribution < -0.4 is 10.9 Å². The van der Waals surface area contributed by atoms with Crippen molar-refractivity contribution >= 4 is 23.2 Å². The molecule has 0 radical (unpaired) electrons. The van der Waals surface area contributed by atoms with Crippen molar-refractivity contribution in [1.82, 2.24) is 4.57 Å². The molecule has 4 nitrogen and oxygen atoms in total. The predicted octanol–water partition coefficient (Wildman–Crippen LogP) is 2.45. The van der Waals surface area contributed by atoms with Gasteiger partial charge in [-0.1, -0.05) is 17.7 Å². The summed E-state index contributed by atoms with van der Waals surface area (Å²) in [5.74, 6) is -0.255. The number of carbonyl (C=O) groups is 1. The minimum Gasteiger partial charge on any atom is -0.325 e. The summed E-state index contributed by atoms with van der Waals surface area (Å²) in [5, 5.41) is 3.31. The Bertz CT molecular complexity index is 647. The zero-order chi connectivity index (χ0) is 13.8. The van der Waals surface area contributed by atoms with Crippen LogP contribution in [0.3, 0.4) is 0 Å². The first-order chi connectivity index (χ1) is 9.04. The third-order valence-corrected chi connectivity index (χ3v) is 2.83. The molecule has 0 aliphatic carbocycles. The van der Waals surface area contributed by atoms with Gasteiger partial charge in [0.1, 0.15) is 6.54 Å². The van der Waals surface area contributed by atoms with Crippen LogP contribution in [-0.4, -0.2) is 10.5 Å². The zero-order valence-corrected chi connectivity index (χ0v) is 11.1. The molecule has 1 aromatic heterocycles. The minimum atomic E-state index is -0.255. The van der Waals surface area contributed by atoms with E-state index < -0.39 is 0 Å². The molecule has 0 bridgehead atoms. The SMILES string of the molecule is Cc1ccc(=O)n(CC(=O)Nc2ccc(Cl)cc2)c1. The molecule has 0 aliphatic heterocycles. The fourth-order valence-electron chi connectivity index (χ4n) is 1.66. The van der Waals surface area contributed by atoms with Gasteiger partial charge in [-0.05, 0) is 36.8 Å². The average Bonchev–Trinajstić information content (AvgIpc) is 2.37. The van der Waals surface area contributed by atoms with Crippen molar-refractivity contribution in [2.75, 3.05) is 5.32 Å². The molecule has 5 heteroatoms. The van der Waals surface area contributed by atoms with E-state index in [-0.39, 0.29) is 18.0 Å². The molecular weight excluding hydrogens is 264 g/mol. The molecule has 0 aliphatic rings. The Morgan fingerprint density at radius 2 is 1.89 bits per heavy atom. The maximum Gasteiger partial charge on any atom is 0.251 e. The van der Waals surface area contributed by atoms with Crippen molar-refractivity contribution in [1.29, 1.82) is 0 Å². The molecule has 19 heavy (non-hydrogen) atoms. The summed E-state index contributed by atoms with van der Waals surface area (Å²) in [7, 11) is 0. The molecule has 0 spiro atoms. The molecule has 0 saturated heterocycles. The molecular formula is C14H13ClN2O2. The van der Waals surface area contributed by atoms with Crippen molar-refractivity contribution in [2.45, 2.75) is 13.5 Å². The van der Waals surface area contributed by atoms with Crippen LogP contribution in [0.1, 0.15) is 5.56 Å². The number of amides is 1. The van der Waals surface area contributed by atoms with Crippen LogP contribution in [0.5, 0.6) is 0 Å². The number of hydrogen-bond acceptors (Lipinski definition) is 2. The van der Waals surface area contributed by atoms with Crippen LogP contribution in [0.25, 0.3) is 0 Å². The Kier molecular flexibility index (Phi) is 4.02. The number of hydrogen-bond donors (Lipinski definition) is 1. The third kappa shape index (κ3) is 3.69. The van der Waals surface area contributed by atoms with Crippen molar-refractivity contribution in [3.05, 3.63) is 63.5 Å². The van der Waals surface area contributed by atoms with Crippen LogP contribution in [0, 0.1) is 6.92 Å². The van der Waals surface area contributed by atoms with Crippen LogP contribution >= 0.6 is 11.6 Å². The first-order valence-electron chi connectivity index (χ1n) is 5.77. The third-order valence-electron chi connectivity index (χ3n) is 2.57. The summed E-state index contributed by atoms with van der Waals surface area (Å²) in [4.78, 5) is 23.4. The fourth-order valence-corrected chi connectivity index (χ4v) is 1.79. The van der Waals surface area contributed by atoms with Gasteiger partial charge >= 0.3 is 0 Å². The van der Waals surface area contributed by atoms with Crippen molar-refractivity contribution in [3.63, 3.8) is 0 Å². The van der Waals surface area contributed by atoms with Crippen molar-refractivity contribution in [2.24, 2.45) is 0 Å². The first kappa shape index (κ1) is 13.4. The van der Waals surface area contributed by atoms with Crippen molar-refractivity contribution < 1.29 is 4.79 Å². The highest BCUT2D eigenvalue weighted by Gasteiger charge is 2.05. The molecule has 2 rings (SSSR count). The molecule has 98 valence electrons. The van der Waals surface area contributed by atoms with E-state index in [0.29, 0.717) is 10.7 Å². The summed E-state index contributed by atoms with van der Waals surface area (Å²) >= 11 is 5.76. The van der Waals surface area contributed by atoms with E-state index in [1.54, 1.807) is 36.5 Å². The second-order valence-corrected chi connectivity index (χ2v) is 4.66. The van der Waals surface area contributed by atoms with Crippen LogP contribution in [0.2, 0.25) is 5.02 Å². The number of aromatic nitrogens is 1. The largest absolute Gasteiger partial charge is 0.325 e. The smallest absolute Gasteiger partial charge is 0.251 e. The summed E-state index contributed by atoms with van der Waals surface area (Å²) in [5.41, 5.74) is 1.38. The number of nitrogens with zero attached hydrogens (tertiary/aromatic N) is 1. The summed E-state index contributed by atoms with van der Waals surface area (Å²) in [6.45, 7) is 1.86. The van der Waals surface area contributed by atoms with E-state index in [0.717, 1.165) is 5.56 Å². The van der Waals surface area contributed by atoms with Gasteiger partial charge in [0.15, 0.2) is 0 Å². The topological polar surface area (TPSA) is 51.1 Å². The molecule has 0 atom stereocenters. The highest BCUT2D eigenvalue weighted by molar-refractivity contribution is 6.30. The van der Waals surface area contributed by atoms with Crippen LogP contribution in [0.4, 0.5) is 5.69 Å². The monoisotopic (exact) mass is 276 g/mol. The summed E-state index contributed by atoms with van der Waals surface area (Å²) < 4.78 is 1.38. The fraction of sp³-hybridized carbons (Fsp3) is 0.143. The van der Waals surface area contributed by atoms with Gasteiger partial charge in [0.05, 0.1) is 0 Å². The molecule has 1 N–H and O–H groups in total. The Morgan fingerprint density at radius 1 is 1.21 bits per heavy atom. The summed E-state index contributed by atoms with van der Waals surface area (Å²) in [6.07, 6.45) is 1.66. The van der Waals surface area contributed by atoms with Gasteiger partial charge in [-0.3, -0.25) is 9.59 Å². The van der Waals surface area contributed by atoms with E-state index in [2.05, 4.69) is 5.32 Å². The zero-order valence-electron chi connectivity index (χ0n) is 10.4. The lowest BCUT2D eigenvalue weighted by atomic mass is 10.3. The molecule has 1 heterocycles. The molecule has 2 aromatic rings. The second-order valence-electron chi connectivity index (χ2n) is 4.23. The standard InChI is InChI=1S/C14H13ClN2O2/c1-10-2-7-14(19)17(8-10)9-13(18)16-12-5-3-11(15)4-6-12/h2-8H,9H2,1H3,(H,16,18). The van der Waals surface area contributed by atoms with Gasteiger partial charge in [-0.15, -0.1) is 0 Å². The first-order valence-corrected chi connectivity index (χ1v) is 6.15. The van der Waals surface area contributed by atoms with E-state index in [9.17, 15) is 9.59 Å². The van der Waals surface area contributed by atoms with E-state index >= 15 is 0 Å². The molecule has 1 aromatic carbocycles. The average molecular weight is 277 g/mol. The van der Waals surface area contributed by atoms with Crippen molar-refractivity contribution in [3.8, 4) is 0 Å². The van der Waals surface area contributed by atoms with Crippen LogP contribution in [-0.2, 0) is 11.3 Å². The molecule has 0 unspecified atom stereocenters. The number of pyridine rings is 1. The maximum atomic E-state index is 11.8. The lowest BCUT2D eigenvalue weighted by Crippen LogP contribution is -2.26. The maximum absolute atomic E-state index is 11.8. The van der Waals surface area contributed by atoms with Crippen LogP contribution in [0.15, 0.2) is 47.4 Å². The summed E-state index contributed by atoms with van der Waals surface area (Å²) in [6, 6.07) is 9.96. The minimum absolute atomic E-state index is 0.0108. The Balaban J connectivity index is 2.07. The number of anilines is 1. The van der Waals surface area contributed by atoms with Gasteiger partial charge in [-0.25, -0.2) is 0 Å². The number of aryl methyl sites for hydroxylation is 1. The van der Waals surface area contributed by atoms with Gasteiger partial charge in [0.2, 0.25) is 5.91 Å². The molecule has 0 fully saturated rings. The Morgan fingerprint density at radius 3 is 2.58 bits per heavy atom. The molecule has 0 saturated carbocycles. The second kappa shape index (κ2) is 5.71. The van der Waals surface area contributed by atoms with Gasteiger partial charge in [-0.2, -0.15) is 0 Å². The number of benzene rings is 1. The van der Waals surface area contributed by atoms with Gasteiger partial charge in [0.25, 0.3) is 5.56 Å². The number of halogens is 1. The highest BCUT2D eigenvalue weighted by Crippen LogP contribution is 2.13.